The van der Waals surface area contributed by atoms with Gasteiger partial charge in [-0.25, -0.2) is 4.98 Å². The SMILES string of the molecule is CC(=O)N1CC2(CCN(C(=O)Cn3ccnc3)CC2)C[C@@]1(C)CO. The third kappa shape index (κ3) is 3.05. The molecule has 7 heteroatoms. The van der Waals surface area contributed by atoms with Crippen LogP contribution in [-0.2, 0) is 16.1 Å². The van der Waals surface area contributed by atoms with E-state index in [0.29, 0.717) is 26.2 Å². The largest absolute Gasteiger partial charge is 0.394 e. The maximum absolute atomic E-state index is 12.4. The number of likely N-dealkylation sites (tertiary alicyclic amines) is 2. The zero-order chi connectivity index (χ0) is 17.4. The van der Waals surface area contributed by atoms with Crippen molar-refractivity contribution >= 4 is 11.8 Å². The molecule has 1 spiro atoms. The van der Waals surface area contributed by atoms with E-state index in [0.717, 1.165) is 19.3 Å². The molecule has 3 heterocycles. The van der Waals surface area contributed by atoms with Crippen LogP contribution in [-0.4, -0.2) is 68.1 Å². The summed E-state index contributed by atoms with van der Waals surface area (Å²) in [6.07, 6.45) is 7.67. The number of piperidine rings is 1. The number of rotatable bonds is 3. The average molecular weight is 334 g/mol. The van der Waals surface area contributed by atoms with Gasteiger partial charge in [-0.1, -0.05) is 0 Å². The van der Waals surface area contributed by atoms with E-state index >= 15 is 0 Å². The van der Waals surface area contributed by atoms with Crippen LogP contribution in [0.2, 0.25) is 0 Å². The first-order valence-electron chi connectivity index (χ1n) is 8.50. The Morgan fingerprint density at radius 2 is 2.00 bits per heavy atom. The summed E-state index contributed by atoms with van der Waals surface area (Å²) in [5.74, 6) is 0.122. The van der Waals surface area contributed by atoms with Gasteiger partial charge in [0.15, 0.2) is 0 Å². The highest BCUT2D eigenvalue weighted by molar-refractivity contribution is 5.76. The Balaban J connectivity index is 1.62. The molecule has 2 aliphatic rings. The number of amides is 2. The Kier molecular flexibility index (Phi) is 4.38. The normalized spacial score (nSPS) is 26.1. The molecular formula is C17H26N4O3. The lowest BCUT2D eigenvalue weighted by atomic mass is 9.74. The van der Waals surface area contributed by atoms with E-state index in [1.807, 2.05) is 16.7 Å². The van der Waals surface area contributed by atoms with E-state index in [4.69, 9.17) is 0 Å². The summed E-state index contributed by atoms with van der Waals surface area (Å²) < 4.78 is 1.78. The average Bonchev–Trinajstić information content (AvgIpc) is 3.15. The van der Waals surface area contributed by atoms with Gasteiger partial charge in [0.05, 0.1) is 18.5 Å². The van der Waals surface area contributed by atoms with Crippen molar-refractivity contribution in [2.75, 3.05) is 26.2 Å². The maximum Gasteiger partial charge on any atom is 0.242 e. The molecule has 1 atom stereocenters. The lowest BCUT2D eigenvalue weighted by molar-refractivity contribution is -0.136. The highest BCUT2D eigenvalue weighted by atomic mass is 16.3. The van der Waals surface area contributed by atoms with Crippen LogP contribution in [0.15, 0.2) is 18.7 Å². The van der Waals surface area contributed by atoms with Gasteiger partial charge in [-0.2, -0.15) is 0 Å². The summed E-state index contributed by atoms with van der Waals surface area (Å²) in [5, 5.41) is 9.78. The Labute approximate surface area is 142 Å². The van der Waals surface area contributed by atoms with Gasteiger partial charge in [0.25, 0.3) is 0 Å². The molecule has 2 saturated heterocycles. The number of carbonyl (C=O) groups is 2. The standard InChI is InChI=1S/C17H26N4O3/c1-14(23)21-11-17(10-16(21,2)12-22)3-6-20(7-4-17)15(24)9-19-8-5-18-13-19/h5,8,13,22H,3-4,6-7,9-12H2,1-2H3/t16-/m0/s1. The highest BCUT2D eigenvalue weighted by Gasteiger charge is 2.52. The quantitative estimate of drug-likeness (QED) is 0.873. The molecule has 0 unspecified atom stereocenters. The number of hydrogen-bond donors (Lipinski definition) is 1. The van der Waals surface area contributed by atoms with Gasteiger partial charge >= 0.3 is 0 Å². The van der Waals surface area contributed by atoms with Crippen molar-refractivity contribution in [3.63, 3.8) is 0 Å². The minimum Gasteiger partial charge on any atom is -0.394 e. The first kappa shape index (κ1) is 17.0. The molecule has 24 heavy (non-hydrogen) atoms. The van der Waals surface area contributed by atoms with Crippen molar-refractivity contribution < 1.29 is 14.7 Å². The second kappa shape index (κ2) is 6.20. The first-order chi connectivity index (χ1) is 11.4. The lowest BCUT2D eigenvalue weighted by Crippen LogP contribution is -2.46. The predicted octanol–water partition coefficient (Wildman–Crippen LogP) is 0.495. The molecule has 0 aromatic carbocycles. The van der Waals surface area contributed by atoms with E-state index in [-0.39, 0.29) is 23.8 Å². The number of carbonyl (C=O) groups excluding carboxylic acids is 2. The van der Waals surface area contributed by atoms with Crippen LogP contribution in [0.3, 0.4) is 0 Å². The van der Waals surface area contributed by atoms with Crippen molar-refractivity contribution in [3.8, 4) is 0 Å². The Bertz CT molecular complexity index is 607. The van der Waals surface area contributed by atoms with Gasteiger partial charge in [0.1, 0.15) is 6.54 Å². The molecule has 2 aliphatic heterocycles. The van der Waals surface area contributed by atoms with Crippen LogP contribution in [0.5, 0.6) is 0 Å². The van der Waals surface area contributed by atoms with E-state index in [1.165, 1.54) is 0 Å². The van der Waals surface area contributed by atoms with E-state index in [2.05, 4.69) is 4.98 Å². The molecule has 7 nitrogen and oxygen atoms in total. The number of nitrogens with zero attached hydrogens (tertiary/aromatic N) is 4. The summed E-state index contributed by atoms with van der Waals surface area (Å²) in [7, 11) is 0. The van der Waals surface area contributed by atoms with Crippen LogP contribution in [0.25, 0.3) is 0 Å². The smallest absolute Gasteiger partial charge is 0.242 e. The number of aliphatic hydroxyl groups excluding tert-OH is 1. The Hall–Kier alpha value is -1.89. The monoisotopic (exact) mass is 334 g/mol. The van der Waals surface area contributed by atoms with Gasteiger partial charge in [-0.05, 0) is 31.6 Å². The molecule has 2 amide bonds. The molecule has 0 bridgehead atoms. The molecule has 3 rings (SSSR count). The van der Waals surface area contributed by atoms with Gasteiger partial charge in [0, 0.05) is 39.0 Å². The zero-order valence-corrected chi connectivity index (χ0v) is 14.4. The topological polar surface area (TPSA) is 78.7 Å². The molecule has 132 valence electrons. The third-order valence-electron chi connectivity index (χ3n) is 5.68. The molecule has 1 aromatic heterocycles. The Morgan fingerprint density at radius 1 is 1.29 bits per heavy atom. The predicted molar refractivity (Wildman–Crippen MR) is 88.0 cm³/mol. The van der Waals surface area contributed by atoms with Crippen molar-refractivity contribution in [1.82, 2.24) is 19.4 Å². The number of imidazole rings is 1. The second-order valence-electron chi connectivity index (χ2n) is 7.55. The lowest BCUT2D eigenvalue weighted by Gasteiger charge is -2.39. The van der Waals surface area contributed by atoms with E-state index in [1.54, 1.807) is 30.2 Å². The second-order valence-corrected chi connectivity index (χ2v) is 7.55. The van der Waals surface area contributed by atoms with E-state index < -0.39 is 5.54 Å². The van der Waals surface area contributed by atoms with Crippen molar-refractivity contribution in [2.45, 2.75) is 45.2 Å². The molecule has 0 saturated carbocycles. The highest BCUT2D eigenvalue weighted by Crippen LogP contribution is 2.47. The third-order valence-corrected chi connectivity index (χ3v) is 5.68. The zero-order valence-electron chi connectivity index (χ0n) is 14.4. The Morgan fingerprint density at radius 3 is 2.50 bits per heavy atom. The summed E-state index contributed by atoms with van der Waals surface area (Å²) in [6, 6.07) is 0. The van der Waals surface area contributed by atoms with Crippen LogP contribution >= 0.6 is 0 Å². The summed E-state index contributed by atoms with van der Waals surface area (Å²) in [5.41, 5.74) is -0.455. The van der Waals surface area contributed by atoms with Crippen LogP contribution in [0.4, 0.5) is 0 Å². The summed E-state index contributed by atoms with van der Waals surface area (Å²) in [4.78, 5) is 32.0. The van der Waals surface area contributed by atoms with Crippen LogP contribution in [0, 0.1) is 5.41 Å². The minimum absolute atomic E-state index is 0.0158. The maximum atomic E-state index is 12.4. The number of aliphatic hydroxyl groups is 1. The van der Waals surface area contributed by atoms with Crippen molar-refractivity contribution in [3.05, 3.63) is 18.7 Å². The first-order valence-corrected chi connectivity index (χ1v) is 8.50. The van der Waals surface area contributed by atoms with E-state index in [9.17, 15) is 14.7 Å². The molecule has 0 radical (unpaired) electrons. The van der Waals surface area contributed by atoms with Gasteiger partial charge in [0.2, 0.25) is 11.8 Å². The molecule has 1 N–H and O–H groups in total. The molecule has 1 aromatic rings. The van der Waals surface area contributed by atoms with Crippen LogP contribution in [0.1, 0.15) is 33.1 Å². The summed E-state index contributed by atoms with van der Waals surface area (Å²) in [6.45, 7) is 5.93. The summed E-state index contributed by atoms with van der Waals surface area (Å²) >= 11 is 0. The number of hydrogen-bond acceptors (Lipinski definition) is 4. The number of aromatic nitrogens is 2. The fraction of sp³-hybridized carbons (Fsp3) is 0.706. The van der Waals surface area contributed by atoms with Crippen molar-refractivity contribution in [1.29, 1.82) is 0 Å². The molecule has 2 fully saturated rings. The van der Waals surface area contributed by atoms with Crippen LogP contribution < -0.4 is 0 Å². The van der Waals surface area contributed by atoms with Crippen molar-refractivity contribution in [2.24, 2.45) is 5.41 Å². The molecular weight excluding hydrogens is 308 g/mol. The fourth-order valence-corrected chi connectivity index (χ4v) is 4.32. The van der Waals surface area contributed by atoms with Gasteiger partial charge < -0.3 is 19.5 Å². The van der Waals surface area contributed by atoms with Gasteiger partial charge in [-0.15, -0.1) is 0 Å². The minimum atomic E-state index is -0.477. The van der Waals surface area contributed by atoms with Gasteiger partial charge in [-0.3, -0.25) is 9.59 Å². The fourth-order valence-electron chi connectivity index (χ4n) is 4.32. The molecule has 0 aliphatic carbocycles.